The third-order valence-electron chi connectivity index (χ3n) is 3.91. The maximum Gasteiger partial charge on any atom is 0.221 e. The van der Waals surface area contributed by atoms with E-state index in [0.717, 1.165) is 27.1 Å². The molecule has 3 rings (SSSR count). The standard InChI is InChI=1S/C21H18F2N2O2S/c1-13(26)25-15-6-8-16(9-7-15)28-19-5-3-2-4-14(19)12-24-18-11-10-17(22)20(23)21(18)27/h2-11,24,27H,12H2,1H3,(H,25,26). The van der Waals surface area contributed by atoms with Crippen LogP contribution in [0, 0.1) is 11.6 Å². The molecule has 3 aromatic rings. The Kier molecular flexibility index (Phi) is 6.16. The first-order chi connectivity index (χ1) is 13.4. The monoisotopic (exact) mass is 400 g/mol. The zero-order valence-corrected chi connectivity index (χ0v) is 15.8. The van der Waals surface area contributed by atoms with Gasteiger partial charge in [0.2, 0.25) is 11.7 Å². The van der Waals surface area contributed by atoms with E-state index < -0.39 is 17.4 Å². The van der Waals surface area contributed by atoms with Gasteiger partial charge in [-0.1, -0.05) is 30.0 Å². The molecule has 0 saturated heterocycles. The third kappa shape index (κ3) is 4.80. The topological polar surface area (TPSA) is 61.4 Å². The summed E-state index contributed by atoms with van der Waals surface area (Å²) in [5, 5.41) is 15.4. The van der Waals surface area contributed by atoms with Gasteiger partial charge in [-0.05, 0) is 48.0 Å². The molecule has 1 amide bonds. The van der Waals surface area contributed by atoms with E-state index in [1.807, 2.05) is 48.5 Å². The van der Waals surface area contributed by atoms with E-state index in [-0.39, 0.29) is 11.6 Å². The van der Waals surface area contributed by atoms with Crippen LogP contribution >= 0.6 is 11.8 Å². The van der Waals surface area contributed by atoms with Crippen LogP contribution in [0.2, 0.25) is 0 Å². The summed E-state index contributed by atoms with van der Waals surface area (Å²) in [5.41, 5.74) is 1.78. The SMILES string of the molecule is CC(=O)Nc1ccc(Sc2ccccc2CNc2ccc(F)c(F)c2O)cc1. The fourth-order valence-corrected chi connectivity index (χ4v) is 3.50. The number of halogens is 2. The fraction of sp³-hybridized carbons (Fsp3) is 0.0952. The Balaban J connectivity index is 1.73. The Morgan fingerprint density at radius 2 is 1.75 bits per heavy atom. The lowest BCUT2D eigenvalue weighted by Crippen LogP contribution is -2.05. The van der Waals surface area contributed by atoms with Crippen LogP contribution in [0.5, 0.6) is 5.75 Å². The Morgan fingerprint density at radius 3 is 2.46 bits per heavy atom. The van der Waals surface area contributed by atoms with E-state index in [1.54, 1.807) is 0 Å². The van der Waals surface area contributed by atoms with Gasteiger partial charge in [-0.25, -0.2) is 4.39 Å². The molecule has 0 aliphatic heterocycles. The zero-order valence-electron chi connectivity index (χ0n) is 15.0. The lowest BCUT2D eigenvalue weighted by molar-refractivity contribution is -0.114. The van der Waals surface area contributed by atoms with Crippen LogP contribution in [0.1, 0.15) is 12.5 Å². The third-order valence-corrected chi connectivity index (χ3v) is 5.04. The van der Waals surface area contributed by atoms with Crippen LogP contribution < -0.4 is 10.6 Å². The first-order valence-electron chi connectivity index (χ1n) is 8.48. The van der Waals surface area contributed by atoms with Crippen LogP contribution in [-0.2, 0) is 11.3 Å². The van der Waals surface area contributed by atoms with Crippen LogP contribution in [0.25, 0.3) is 0 Å². The maximum atomic E-state index is 13.5. The average Bonchev–Trinajstić information content (AvgIpc) is 2.68. The molecule has 0 aliphatic rings. The number of hydrogen-bond donors (Lipinski definition) is 3. The molecule has 3 N–H and O–H groups in total. The largest absolute Gasteiger partial charge is 0.503 e. The summed E-state index contributed by atoms with van der Waals surface area (Å²) in [7, 11) is 0. The van der Waals surface area contributed by atoms with Crippen molar-refractivity contribution >= 4 is 29.0 Å². The fourth-order valence-electron chi connectivity index (χ4n) is 2.56. The Hall–Kier alpha value is -3.06. The minimum Gasteiger partial charge on any atom is -0.503 e. The quantitative estimate of drug-likeness (QED) is 0.486. The molecule has 0 bridgehead atoms. The summed E-state index contributed by atoms with van der Waals surface area (Å²) >= 11 is 1.54. The first-order valence-corrected chi connectivity index (χ1v) is 9.30. The highest BCUT2D eigenvalue weighted by atomic mass is 32.2. The van der Waals surface area contributed by atoms with E-state index in [1.165, 1.54) is 24.8 Å². The molecule has 0 radical (unpaired) electrons. The Labute approximate surface area is 165 Å². The summed E-state index contributed by atoms with van der Waals surface area (Å²) in [6.07, 6.45) is 0. The number of amides is 1. The van der Waals surface area contributed by atoms with E-state index in [0.29, 0.717) is 6.54 Å². The average molecular weight is 400 g/mol. The molecular formula is C21H18F2N2O2S. The summed E-state index contributed by atoms with van der Waals surface area (Å²) < 4.78 is 26.6. The van der Waals surface area contributed by atoms with Gasteiger partial charge in [-0.3, -0.25) is 4.79 Å². The lowest BCUT2D eigenvalue weighted by Gasteiger charge is -2.13. The number of hydrogen-bond acceptors (Lipinski definition) is 4. The lowest BCUT2D eigenvalue weighted by atomic mass is 10.2. The predicted molar refractivity (Wildman–Crippen MR) is 107 cm³/mol. The van der Waals surface area contributed by atoms with E-state index in [2.05, 4.69) is 10.6 Å². The highest BCUT2D eigenvalue weighted by Gasteiger charge is 2.13. The van der Waals surface area contributed by atoms with Crippen LogP contribution in [0.4, 0.5) is 20.2 Å². The second-order valence-corrected chi connectivity index (χ2v) is 7.14. The van der Waals surface area contributed by atoms with E-state index in [4.69, 9.17) is 0 Å². The smallest absolute Gasteiger partial charge is 0.221 e. The van der Waals surface area contributed by atoms with Gasteiger partial charge in [0.05, 0.1) is 5.69 Å². The van der Waals surface area contributed by atoms with Gasteiger partial charge in [0, 0.05) is 28.9 Å². The first kappa shape index (κ1) is 19.7. The van der Waals surface area contributed by atoms with Gasteiger partial charge in [-0.15, -0.1) is 0 Å². The van der Waals surface area contributed by atoms with E-state index in [9.17, 15) is 18.7 Å². The van der Waals surface area contributed by atoms with Crippen molar-refractivity contribution in [2.45, 2.75) is 23.3 Å². The van der Waals surface area contributed by atoms with Crippen molar-refractivity contribution < 1.29 is 18.7 Å². The molecule has 0 fully saturated rings. The molecule has 0 heterocycles. The highest BCUT2D eigenvalue weighted by Crippen LogP contribution is 2.33. The minimum absolute atomic E-state index is 0.123. The number of nitrogens with one attached hydrogen (secondary N) is 2. The second kappa shape index (κ2) is 8.75. The molecule has 28 heavy (non-hydrogen) atoms. The molecular weight excluding hydrogens is 382 g/mol. The number of phenols is 1. The van der Waals surface area contributed by atoms with Crippen molar-refractivity contribution in [3.05, 3.63) is 77.9 Å². The molecule has 0 saturated carbocycles. The van der Waals surface area contributed by atoms with Gasteiger partial charge >= 0.3 is 0 Å². The molecule has 0 aromatic heterocycles. The van der Waals surface area contributed by atoms with Gasteiger partial charge in [0.25, 0.3) is 0 Å². The summed E-state index contributed by atoms with van der Waals surface area (Å²) in [6.45, 7) is 1.78. The van der Waals surface area contributed by atoms with Crippen LogP contribution in [0.15, 0.2) is 70.5 Å². The molecule has 0 spiro atoms. The highest BCUT2D eigenvalue weighted by molar-refractivity contribution is 7.99. The Bertz CT molecular complexity index is 994. The molecule has 0 atom stereocenters. The molecule has 4 nitrogen and oxygen atoms in total. The zero-order chi connectivity index (χ0) is 20.1. The number of anilines is 2. The van der Waals surface area contributed by atoms with Crippen molar-refractivity contribution in [1.29, 1.82) is 0 Å². The molecule has 0 aliphatic carbocycles. The Morgan fingerprint density at radius 1 is 1.04 bits per heavy atom. The van der Waals surface area contributed by atoms with Gasteiger partial charge in [-0.2, -0.15) is 4.39 Å². The van der Waals surface area contributed by atoms with Crippen molar-refractivity contribution in [2.75, 3.05) is 10.6 Å². The minimum atomic E-state index is -1.27. The number of benzene rings is 3. The molecule has 144 valence electrons. The van der Waals surface area contributed by atoms with E-state index >= 15 is 0 Å². The summed E-state index contributed by atoms with van der Waals surface area (Å²) in [5.74, 6) is -3.23. The van der Waals surface area contributed by atoms with Crippen molar-refractivity contribution in [1.82, 2.24) is 0 Å². The number of carbonyl (C=O) groups is 1. The molecule has 0 unspecified atom stereocenters. The number of carbonyl (C=O) groups excluding carboxylic acids is 1. The number of aromatic hydroxyl groups is 1. The summed E-state index contributed by atoms with van der Waals surface area (Å²) in [6, 6.07) is 17.4. The van der Waals surface area contributed by atoms with Crippen molar-refractivity contribution in [2.24, 2.45) is 0 Å². The van der Waals surface area contributed by atoms with Gasteiger partial charge in [0.15, 0.2) is 11.6 Å². The van der Waals surface area contributed by atoms with Crippen molar-refractivity contribution in [3.63, 3.8) is 0 Å². The van der Waals surface area contributed by atoms with Gasteiger partial charge in [0.1, 0.15) is 0 Å². The molecule has 7 heteroatoms. The molecule has 3 aromatic carbocycles. The number of phenolic OH excluding ortho intramolecular Hbond substituents is 1. The maximum absolute atomic E-state index is 13.5. The normalized spacial score (nSPS) is 10.5. The summed E-state index contributed by atoms with van der Waals surface area (Å²) in [4.78, 5) is 13.1. The second-order valence-electron chi connectivity index (χ2n) is 6.03. The predicted octanol–water partition coefficient (Wildman–Crippen LogP) is 5.39. The van der Waals surface area contributed by atoms with Crippen molar-refractivity contribution in [3.8, 4) is 5.75 Å². The number of rotatable bonds is 6. The van der Waals surface area contributed by atoms with Gasteiger partial charge < -0.3 is 15.7 Å². The van der Waals surface area contributed by atoms with Crippen LogP contribution in [0.3, 0.4) is 0 Å². The van der Waals surface area contributed by atoms with Crippen LogP contribution in [-0.4, -0.2) is 11.0 Å².